The van der Waals surface area contributed by atoms with Crippen LogP contribution in [-0.2, 0) is 14.4 Å². The Balaban J connectivity index is 1.36. The van der Waals surface area contributed by atoms with E-state index in [-0.39, 0.29) is 69.8 Å². The molecule has 8 heteroatoms. The number of imide groups is 1. The second-order valence-corrected chi connectivity index (χ2v) is 9.88. The van der Waals surface area contributed by atoms with Gasteiger partial charge in [-0.05, 0) is 49.4 Å². The lowest BCUT2D eigenvalue weighted by Gasteiger charge is -2.28. The van der Waals surface area contributed by atoms with E-state index in [1.54, 1.807) is 24.3 Å². The minimum atomic E-state index is -0.270. The Kier molecular flexibility index (Phi) is 5.20. The van der Waals surface area contributed by atoms with E-state index < -0.39 is 0 Å². The number of anilines is 1. The molecule has 1 aromatic carbocycles. The Morgan fingerprint density at radius 2 is 1.57 bits per heavy atom. The number of Topliss-reactive ketones (excluding diaryl/α,β-unsaturated/α-hetero) is 1. The Morgan fingerprint density at radius 3 is 2.07 bits per heavy atom. The smallest absolute Gasteiger partial charge is 0.233 e. The molecule has 6 unspecified atom stereocenters. The summed E-state index contributed by atoms with van der Waals surface area (Å²) in [7, 11) is 0. The van der Waals surface area contributed by atoms with E-state index in [4.69, 9.17) is 0 Å². The van der Waals surface area contributed by atoms with Crippen molar-refractivity contribution >= 4 is 61.1 Å². The zero-order valence-corrected chi connectivity index (χ0v) is 18.4. The van der Waals surface area contributed by atoms with Crippen LogP contribution in [0, 0.1) is 23.7 Å². The number of hydrogen-bond donors (Lipinski definition) is 1. The molecule has 4 rings (SSSR count). The lowest BCUT2D eigenvalue weighted by Crippen LogP contribution is -2.37. The molecule has 1 aromatic rings. The van der Waals surface area contributed by atoms with Gasteiger partial charge in [-0.3, -0.25) is 24.1 Å². The average Bonchev–Trinajstić information content (AvgIpc) is 3.26. The number of halogens is 2. The molecule has 0 radical (unpaired) electrons. The van der Waals surface area contributed by atoms with E-state index in [0.717, 1.165) is 6.42 Å². The van der Waals surface area contributed by atoms with E-state index >= 15 is 0 Å². The van der Waals surface area contributed by atoms with Gasteiger partial charge in [0, 0.05) is 33.9 Å². The molecule has 2 saturated carbocycles. The molecule has 148 valence electrons. The van der Waals surface area contributed by atoms with Crippen molar-refractivity contribution in [3.63, 3.8) is 0 Å². The minimum Gasteiger partial charge on any atom is -0.326 e. The number of nitrogens with one attached hydrogen (secondary N) is 1. The minimum absolute atomic E-state index is 0.0418. The molecule has 28 heavy (non-hydrogen) atoms. The van der Waals surface area contributed by atoms with Gasteiger partial charge >= 0.3 is 0 Å². The van der Waals surface area contributed by atoms with Crippen molar-refractivity contribution < 1.29 is 19.2 Å². The van der Waals surface area contributed by atoms with Crippen LogP contribution in [0.5, 0.6) is 0 Å². The molecule has 3 fully saturated rings. The highest BCUT2D eigenvalue weighted by Crippen LogP contribution is 2.60. The van der Waals surface area contributed by atoms with Gasteiger partial charge in [0.15, 0.2) is 5.78 Å². The third-order valence-corrected chi connectivity index (χ3v) is 9.42. The number of fused-ring (bicyclic) bond motifs is 5. The molecule has 2 bridgehead atoms. The lowest BCUT2D eigenvalue weighted by atomic mass is 9.81. The van der Waals surface area contributed by atoms with E-state index in [9.17, 15) is 19.2 Å². The van der Waals surface area contributed by atoms with Crippen LogP contribution < -0.4 is 5.32 Å². The van der Waals surface area contributed by atoms with E-state index in [1.165, 1.54) is 11.8 Å². The molecule has 0 spiro atoms. The quantitative estimate of drug-likeness (QED) is 0.374. The first-order chi connectivity index (χ1) is 13.3. The molecule has 3 aliphatic rings. The molecule has 1 heterocycles. The predicted molar refractivity (Wildman–Crippen MR) is 110 cm³/mol. The fourth-order valence-electron chi connectivity index (χ4n) is 4.86. The number of alkyl halides is 2. The van der Waals surface area contributed by atoms with Crippen molar-refractivity contribution in [1.29, 1.82) is 0 Å². The summed E-state index contributed by atoms with van der Waals surface area (Å²) in [5.74, 6) is -0.734. The first kappa shape index (κ1) is 19.8. The maximum atomic E-state index is 12.8. The molecule has 1 aliphatic heterocycles. The van der Waals surface area contributed by atoms with Crippen LogP contribution in [0.4, 0.5) is 5.69 Å². The summed E-state index contributed by atoms with van der Waals surface area (Å²) in [6.45, 7) is 1.58. The van der Waals surface area contributed by atoms with Crippen LogP contribution in [0.2, 0.25) is 0 Å². The molecular weight excluding hydrogens is 492 g/mol. The maximum absolute atomic E-state index is 12.8. The van der Waals surface area contributed by atoms with Gasteiger partial charge in [0.2, 0.25) is 17.7 Å². The first-order valence-corrected chi connectivity index (χ1v) is 11.2. The molecule has 2 aliphatic carbocycles. The average molecular weight is 512 g/mol. The number of amides is 3. The third-order valence-electron chi connectivity index (χ3n) is 6.22. The largest absolute Gasteiger partial charge is 0.326 e. The zero-order chi connectivity index (χ0) is 20.2. The molecule has 0 aromatic heterocycles. The van der Waals surface area contributed by atoms with E-state index in [0.29, 0.717) is 11.3 Å². The number of carbonyl (C=O) groups excluding carboxylic acids is 4. The summed E-state index contributed by atoms with van der Waals surface area (Å²) < 4.78 is 0. The number of carbonyl (C=O) groups is 4. The molecule has 3 amide bonds. The monoisotopic (exact) mass is 510 g/mol. The van der Waals surface area contributed by atoms with Crippen molar-refractivity contribution in [2.45, 2.75) is 29.4 Å². The molecule has 6 atom stereocenters. The Labute approximate surface area is 179 Å². The highest BCUT2D eigenvalue weighted by atomic mass is 79.9. The number of benzene rings is 1. The van der Waals surface area contributed by atoms with Gasteiger partial charge in [0.1, 0.15) is 0 Å². The van der Waals surface area contributed by atoms with Gasteiger partial charge in [0.05, 0.1) is 11.8 Å². The van der Waals surface area contributed by atoms with Crippen molar-refractivity contribution in [3.05, 3.63) is 29.8 Å². The molecule has 1 saturated heterocycles. The Hall–Kier alpha value is -1.54. The second-order valence-electron chi connectivity index (χ2n) is 7.76. The zero-order valence-electron chi connectivity index (χ0n) is 15.2. The van der Waals surface area contributed by atoms with Crippen molar-refractivity contribution in [1.82, 2.24) is 4.90 Å². The second kappa shape index (κ2) is 7.37. The van der Waals surface area contributed by atoms with Crippen LogP contribution in [0.25, 0.3) is 0 Å². The summed E-state index contributed by atoms with van der Waals surface area (Å²) in [5, 5.41) is 2.74. The first-order valence-electron chi connectivity index (χ1n) is 9.34. The van der Waals surface area contributed by atoms with Gasteiger partial charge < -0.3 is 5.32 Å². The summed E-state index contributed by atoms with van der Waals surface area (Å²) >= 11 is 7.33. The topological polar surface area (TPSA) is 83.6 Å². The third kappa shape index (κ3) is 3.14. The highest BCUT2D eigenvalue weighted by molar-refractivity contribution is 9.12. The molecule has 1 N–H and O–H groups in total. The van der Waals surface area contributed by atoms with Crippen LogP contribution in [0.3, 0.4) is 0 Å². The van der Waals surface area contributed by atoms with E-state index in [2.05, 4.69) is 37.2 Å². The van der Waals surface area contributed by atoms with Crippen molar-refractivity contribution in [3.8, 4) is 0 Å². The van der Waals surface area contributed by atoms with Gasteiger partial charge in [0.25, 0.3) is 0 Å². The van der Waals surface area contributed by atoms with E-state index in [1.807, 2.05) is 0 Å². The van der Waals surface area contributed by atoms with Crippen molar-refractivity contribution in [2.24, 2.45) is 23.7 Å². The Morgan fingerprint density at radius 1 is 1.04 bits per heavy atom. The Bertz CT molecular complexity index is 824. The molecular formula is C20H20Br2N2O4. The van der Waals surface area contributed by atoms with Crippen LogP contribution >= 0.6 is 31.9 Å². The summed E-state index contributed by atoms with van der Waals surface area (Å²) in [4.78, 5) is 50.9. The van der Waals surface area contributed by atoms with Gasteiger partial charge in [-0.25, -0.2) is 0 Å². The van der Waals surface area contributed by atoms with Gasteiger partial charge in [-0.1, -0.05) is 31.9 Å². The molecule has 6 nitrogen and oxygen atoms in total. The standard InChI is InChI=1S/C20H20Br2N2O4/c1-9(25)10-2-4-11(5-3-10)23-14(26)6-7-24-19(27)15-12-8-13(16(15)20(24)28)18(22)17(12)21/h2-5,12-13,15-18H,6-8H2,1H3,(H,23,26). The number of ketones is 1. The number of rotatable bonds is 5. The predicted octanol–water partition coefficient (Wildman–Crippen LogP) is 3.00. The van der Waals surface area contributed by atoms with Crippen molar-refractivity contribution in [2.75, 3.05) is 11.9 Å². The maximum Gasteiger partial charge on any atom is 0.233 e. The number of hydrogen-bond acceptors (Lipinski definition) is 4. The lowest BCUT2D eigenvalue weighted by molar-refractivity contribution is -0.140. The summed E-state index contributed by atoms with van der Waals surface area (Å²) in [5.41, 5.74) is 1.15. The van der Waals surface area contributed by atoms with Gasteiger partial charge in [-0.15, -0.1) is 0 Å². The van der Waals surface area contributed by atoms with Gasteiger partial charge in [-0.2, -0.15) is 0 Å². The fourth-order valence-corrected chi connectivity index (χ4v) is 6.73. The fraction of sp³-hybridized carbons (Fsp3) is 0.500. The van der Waals surface area contributed by atoms with Crippen LogP contribution in [-0.4, -0.2) is 44.6 Å². The number of likely N-dealkylation sites (tertiary alicyclic amines) is 1. The van der Waals surface area contributed by atoms with Crippen LogP contribution in [0.1, 0.15) is 30.1 Å². The number of nitrogens with zero attached hydrogens (tertiary/aromatic N) is 1. The summed E-state index contributed by atoms with van der Waals surface area (Å²) in [6, 6.07) is 6.62. The highest BCUT2D eigenvalue weighted by Gasteiger charge is 2.66. The normalized spacial score (nSPS) is 33.3. The SMILES string of the molecule is CC(=O)c1ccc(NC(=O)CCN2C(=O)C3C4CC(C(Br)C4Br)C3C2=O)cc1. The van der Waals surface area contributed by atoms with Crippen LogP contribution in [0.15, 0.2) is 24.3 Å². The summed E-state index contributed by atoms with van der Waals surface area (Å²) in [6.07, 6.45) is 0.944.